The molecule has 17 heavy (non-hydrogen) atoms. The number of aryl methyl sites for hydroxylation is 1. The van der Waals surface area contributed by atoms with Crippen LogP contribution in [-0.2, 0) is 0 Å². The molecule has 0 radical (unpaired) electrons. The van der Waals surface area contributed by atoms with Gasteiger partial charge in [-0.2, -0.15) is 0 Å². The molecule has 0 aliphatic heterocycles. The Morgan fingerprint density at radius 3 is 2.12 bits per heavy atom. The maximum Gasteiger partial charge on any atom is 0.0463 e. The minimum Gasteiger partial charge on any atom is -0.312 e. The summed E-state index contributed by atoms with van der Waals surface area (Å²) in [5.74, 6) is 0.703. The molecule has 1 nitrogen and oxygen atoms in total. The third-order valence-electron chi connectivity index (χ3n) is 4.90. The van der Waals surface area contributed by atoms with Crippen LogP contribution in [-0.4, -0.2) is 7.05 Å². The molecule has 1 atom stereocenters. The SMILES string of the molecule is CNC(c1sc(C)cc1Br)C1C(C)(C)C1(C)C. The van der Waals surface area contributed by atoms with Crippen LogP contribution in [0.5, 0.6) is 0 Å². The molecule has 1 aliphatic carbocycles. The molecule has 1 aromatic rings. The van der Waals surface area contributed by atoms with Gasteiger partial charge in [0, 0.05) is 20.3 Å². The second-order valence-electron chi connectivity index (χ2n) is 6.26. The summed E-state index contributed by atoms with van der Waals surface area (Å²) in [6, 6.07) is 2.69. The monoisotopic (exact) mass is 315 g/mol. The molecule has 0 amide bonds. The molecule has 1 heterocycles. The highest BCUT2D eigenvalue weighted by molar-refractivity contribution is 9.10. The van der Waals surface area contributed by atoms with Gasteiger partial charge in [-0.3, -0.25) is 0 Å². The van der Waals surface area contributed by atoms with Crippen LogP contribution in [0.2, 0.25) is 0 Å². The van der Waals surface area contributed by atoms with Crippen LogP contribution < -0.4 is 5.32 Å². The first-order chi connectivity index (χ1) is 7.73. The van der Waals surface area contributed by atoms with E-state index in [1.165, 1.54) is 14.2 Å². The molecule has 0 spiro atoms. The molecule has 1 unspecified atom stereocenters. The van der Waals surface area contributed by atoms with Gasteiger partial charge in [0.25, 0.3) is 0 Å². The van der Waals surface area contributed by atoms with Crippen molar-refractivity contribution in [1.82, 2.24) is 5.32 Å². The van der Waals surface area contributed by atoms with Gasteiger partial charge in [-0.1, -0.05) is 27.7 Å². The summed E-state index contributed by atoms with van der Waals surface area (Å²) < 4.78 is 1.26. The summed E-state index contributed by atoms with van der Waals surface area (Å²) in [4.78, 5) is 2.83. The van der Waals surface area contributed by atoms with Crippen molar-refractivity contribution in [3.8, 4) is 0 Å². The molecule has 1 aliphatic rings. The van der Waals surface area contributed by atoms with Crippen molar-refractivity contribution >= 4 is 27.3 Å². The summed E-state index contributed by atoms with van der Waals surface area (Å²) in [7, 11) is 2.08. The number of hydrogen-bond donors (Lipinski definition) is 1. The van der Waals surface area contributed by atoms with E-state index in [1.807, 2.05) is 11.3 Å². The summed E-state index contributed by atoms with van der Waals surface area (Å²) in [6.07, 6.45) is 0. The molecule has 3 heteroatoms. The maximum atomic E-state index is 3.70. The zero-order valence-corrected chi connectivity index (χ0v) is 13.9. The second-order valence-corrected chi connectivity index (χ2v) is 8.40. The van der Waals surface area contributed by atoms with E-state index in [0.717, 1.165) is 0 Å². The number of nitrogens with one attached hydrogen (secondary N) is 1. The van der Waals surface area contributed by atoms with Crippen molar-refractivity contribution < 1.29 is 0 Å². The fraction of sp³-hybridized carbons (Fsp3) is 0.714. The average Bonchev–Trinajstić information content (AvgIpc) is 2.50. The lowest BCUT2D eigenvalue weighted by atomic mass is 10.0. The summed E-state index contributed by atoms with van der Waals surface area (Å²) in [6.45, 7) is 11.7. The average molecular weight is 316 g/mol. The Morgan fingerprint density at radius 1 is 1.29 bits per heavy atom. The Balaban J connectivity index is 2.34. The normalized spacial score (nSPS) is 23.7. The molecule has 1 fully saturated rings. The molecule has 1 saturated carbocycles. The Morgan fingerprint density at radius 2 is 1.82 bits per heavy atom. The van der Waals surface area contributed by atoms with Gasteiger partial charge in [0.15, 0.2) is 0 Å². The van der Waals surface area contributed by atoms with Gasteiger partial charge in [0.2, 0.25) is 0 Å². The van der Waals surface area contributed by atoms with Crippen molar-refractivity contribution in [3.05, 3.63) is 20.3 Å². The molecular formula is C14H22BrNS. The Hall–Kier alpha value is 0.140. The highest BCUT2D eigenvalue weighted by Crippen LogP contribution is 2.72. The topological polar surface area (TPSA) is 12.0 Å². The Kier molecular flexibility index (Phi) is 3.25. The van der Waals surface area contributed by atoms with Crippen molar-refractivity contribution in [2.24, 2.45) is 16.7 Å². The third-order valence-corrected chi connectivity index (χ3v) is 6.95. The standard InChI is InChI=1S/C14H22BrNS/c1-8-7-9(15)11(17-8)10(16-6)12-13(2,3)14(12,4)5/h7,10,12,16H,1-6H3. The van der Waals surface area contributed by atoms with Crippen molar-refractivity contribution in [1.29, 1.82) is 0 Å². The predicted molar refractivity (Wildman–Crippen MR) is 79.6 cm³/mol. The van der Waals surface area contributed by atoms with Gasteiger partial charge in [-0.05, 0) is 52.7 Å². The highest BCUT2D eigenvalue weighted by Gasteiger charge is 2.67. The number of rotatable bonds is 3. The van der Waals surface area contributed by atoms with E-state index in [9.17, 15) is 0 Å². The lowest BCUT2D eigenvalue weighted by Crippen LogP contribution is -2.20. The summed E-state index contributed by atoms with van der Waals surface area (Å²) in [5.41, 5.74) is 0.829. The van der Waals surface area contributed by atoms with E-state index in [2.05, 4.69) is 69.0 Å². The summed E-state index contributed by atoms with van der Waals surface area (Å²) >= 11 is 5.61. The van der Waals surface area contributed by atoms with Gasteiger partial charge < -0.3 is 5.32 Å². The van der Waals surface area contributed by atoms with Crippen LogP contribution >= 0.6 is 27.3 Å². The van der Waals surface area contributed by atoms with E-state index < -0.39 is 0 Å². The zero-order chi connectivity index (χ0) is 13.0. The third kappa shape index (κ3) is 1.91. The number of hydrogen-bond acceptors (Lipinski definition) is 2. The maximum absolute atomic E-state index is 3.70. The number of thiophene rings is 1. The molecule has 96 valence electrons. The van der Waals surface area contributed by atoms with Gasteiger partial charge in [0.05, 0.1) is 0 Å². The van der Waals surface area contributed by atoms with Gasteiger partial charge in [-0.15, -0.1) is 11.3 Å². The predicted octanol–water partition coefficient (Wildman–Crippen LogP) is 4.76. The smallest absolute Gasteiger partial charge is 0.0463 e. The Labute approximate surface area is 117 Å². The van der Waals surface area contributed by atoms with E-state index in [-0.39, 0.29) is 0 Å². The van der Waals surface area contributed by atoms with Gasteiger partial charge >= 0.3 is 0 Å². The van der Waals surface area contributed by atoms with E-state index in [0.29, 0.717) is 22.8 Å². The molecule has 0 bridgehead atoms. The van der Waals surface area contributed by atoms with Gasteiger partial charge in [-0.25, -0.2) is 0 Å². The first kappa shape index (κ1) is 13.6. The molecule has 0 aromatic carbocycles. The minimum atomic E-state index is 0.415. The largest absolute Gasteiger partial charge is 0.312 e. The lowest BCUT2D eigenvalue weighted by Gasteiger charge is -2.18. The minimum absolute atomic E-state index is 0.415. The molecule has 1 aromatic heterocycles. The number of halogens is 1. The second kappa shape index (κ2) is 4.07. The van der Waals surface area contributed by atoms with Crippen molar-refractivity contribution in [2.75, 3.05) is 7.05 Å². The molecule has 1 N–H and O–H groups in total. The lowest BCUT2D eigenvalue weighted by molar-refractivity contribution is 0.443. The fourth-order valence-corrected chi connectivity index (χ4v) is 5.29. The van der Waals surface area contributed by atoms with Crippen LogP contribution in [0.25, 0.3) is 0 Å². The van der Waals surface area contributed by atoms with Gasteiger partial charge in [0.1, 0.15) is 0 Å². The van der Waals surface area contributed by atoms with Crippen LogP contribution in [0.1, 0.15) is 43.5 Å². The summed E-state index contributed by atoms with van der Waals surface area (Å²) in [5, 5.41) is 3.53. The van der Waals surface area contributed by atoms with Crippen LogP contribution in [0.3, 0.4) is 0 Å². The van der Waals surface area contributed by atoms with Crippen LogP contribution in [0.4, 0.5) is 0 Å². The van der Waals surface area contributed by atoms with E-state index >= 15 is 0 Å². The van der Waals surface area contributed by atoms with Crippen LogP contribution in [0, 0.1) is 23.7 Å². The highest BCUT2D eigenvalue weighted by atomic mass is 79.9. The quantitative estimate of drug-likeness (QED) is 0.847. The molecule has 2 rings (SSSR count). The Bertz CT molecular complexity index is 419. The van der Waals surface area contributed by atoms with Crippen LogP contribution in [0.15, 0.2) is 10.5 Å². The van der Waals surface area contributed by atoms with E-state index in [4.69, 9.17) is 0 Å². The van der Waals surface area contributed by atoms with Crippen molar-refractivity contribution in [2.45, 2.75) is 40.7 Å². The molecular weight excluding hydrogens is 294 g/mol. The zero-order valence-electron chi connectivity index (χ0n) is 11.5. The fourth-order valence-electron chi connectivity index (χ4n) is 3.24. The molecule has 0 saturated heterocycles. The first-order valence-corrected chi connectivity index (χ1v) is 7.77. The van der Waals surface area contributed by atoms with E-state index in [1.54, 1.807) is 0 Å². The van der Waals surface area contributed by atoms with Crippen molar-refractivity contribution in [3.63, 3.8) is 0 Å². The first-order valence-electron chi connectivity index (χ1n) is 6.16.